The predicted octanol–water partition coefficient (Wildman–Crippen LogP) is 0.799. The number of nitrogens with zero attached hydrogens (tertiary/aromatic N) is 5. The van der Waals surface area contributed by atoms with Gasteiger partial charge in [0.15, 0.2) is 11.2 Å². The lowest BCUT2D eigenvalue weighted by atomic mass is 10.3. The molecule has 0 fully saturated rings. The first kappa shape index (κ1) is 16.9. The molecule has 3 aromatic rings. The van der Waals surface area contributed by atoms with Crippen molar-refractivity contribution >= 4 is 28.7 Å². The topological polar surface area (TPSA) is 116 Å². The summed E-state index contributed by atoms with van der Waals surface area (Å²) in [7, 11) is 1.62. The maximum absolute atomic E-state index is 12.8. The molecule has 0 atom stereocenters. The van der Waals surface area contributed by atoms with Gasteiger partial charge in [0.1, 0.15) is 5.82 Å². The molecule has 0 saturated carbocycles. The number of fused-ring (bicyclic) bond motifs is 3. The van der Waals surface area contributed by atoms with Gasteiger partial charge in [0.25, 0.3) is 5.56 Å². The lowest BCUT2D eigenvalue weighted by Crippen LogP contribution is -2.23. The minimum Gasteiger partial charge on any atom is -0.404 e. The average Bonchev–Trinajstić information content (AvgIpc) is 3.25. The van der Waals surface area contributed by atoms with Crippen LogP contribution in [0.2, 0.25) is 0 Å². The van der Waals surface area contributed by atoms with Gasteiger partial charge in [-0.1, -0.05) is 6.92 Å². The maximum Gasteiger partial charge on any atom is 0.280 e. The van der Waals surface area contributed by atoms with Gasteiger partial charge in [0.05, 0.1) is 18.7 Å². The van der Waals surface area contributed by atoms with Crippen LogP contribution in [0.15, 0.2) is 28.4 Å². The molecule has 0 aromatic carbocycles. The Bertz CT molecular complexity index is 993. The molecule has 0 spiro atoms. The number of hydrogen-bond acceptors (Lipinski definition) is 6. The number of nitrogens with two attached hydrogens (primary N) is 1. The van der Waals surface area contributed by atoms with E-state index in [-0.39, 0.29) is 5.56 Å². The van der Waals surface area contributed by atoms with Gasteiger partial charge in [0.2, 0.25) is 5.78 Å². The van der Waals surface area contributed by atoms with E-state index in [0.717, 1.165) is 6.42 Å². The summed E-state index contributed by atoms with van der Waals surface area (Å²) in [5, 5.41) is 0. The highest BCUT2D eigenvalue weighted by molar-refractivity contribution is 6.08. The van der Waals surface area contributed by atoms with Gasteiger partial charge < -0.3 is 15.5 Å². The molecule has 0 saturated heterocycles. The molecule has 0 aliphatic rings. The van der Waals surface area contributed by atoms with Crippen molar-refractivity contribution < 1.29 is 4.74 Å². The van der Waals surface area contributed by atoms with Crippen molar-refractivity contribution in [1.29, 1.82) is 0 Å². The first-order valence-electron chi connectivity index (χ1n) is 8.07. The van der Waals surface area contributed by atoms with Crippen LogP contribution in [0.1, 0.15) is 19.2 Å². The van der Waals surface area contributed by atoms with Crippen molar-refractivity contribution in [3.05, 3.63) is 34.8 Å². The van der Waals surface area contributed by atoms with E-state index in [1.54, 1.807) is 34.7 Å². The van der Waals surface area contributed by atoms with Crippen molar-refractivity contribution in [2.24, 2.45) is 10.7 Å². The van der Waals surface area contributed by atoms with Crippen LogP contribution in [-0.4, -0.2) is 50.4 Å². The van der Waals surface area contributed by atoms with Gasteiger partial charge in [-0.15, -0.1) is 0 Å². The van der Waals surface area contributed by atoms with E-state index < -0.39 is 0 Å². The van der Waals surface area contributed by atoms with Gasteiger partial charge in [-0.2, -0.15) is 0 Å². The third-order valence-corrected chi connectivity index (χ3v) is 3.79. The molecule has 0 unspecified atom stereocenters. The van der Waals surface area contributed by atoms with Crippen LogP contribution in [0.25, 0.3) is 22.5 Å². The molecule has 3 heterocycles. The first-order valence-corrected chi connectivity index (χ1v) is 8.07. The molecule has 0 amide bonds. The van der Waals surface area contributed by atoms with Crippen molar-refractivity contribution in [3.63, 3.8) is 0 Å². The second-order valence-electron chi connectivity index (χ2n) is 5.49. The molecular weight excluding hydrogens is 322 g/mol. The first-order chi connectivity index (χ1) is 12.2. The minimum atomic E-state index is -0.151. The fraction of sp³-hybridized carbons (Fsp3) is 0.375. The SMILES string of the molecule is CCCn1c(=O)c2[nH]c(C(C=NCCOC)=CN)nc2n2ccnc12. The fourth-order valence-corrected chi connectivity index (χ4v) is 2.63. The molecule has 3 aromatic heterocycles. The highest BCUT2D eigenvalue weighted by Gasteiger charge is 2.16. The molecule has 3 rings (SSSR count). The van der Waals surface area contributed by atoms with Crippen molar-refractivity contribution in [2.45, 2.75) is 19.9 Å². The molecule has 3 N–H and O–H groups in total. The largest absolute Gasteiger partial charge is 0.404 e. The Morgan fingerprint density at radius 3 is 3.08 bits per heavy atom. The summed E-state index contributed by atoms with van der Waals surface area (Å²) in [6, 6.07) is 0. The number of nitrogens with one attached hydrogen (secondary N) is 1. The number of rotatable bonds is 7. The molecule has 9 nitrogen and oxygen atoms in total. The number of aromatic nitrogens is 5. The number of aryl methyl sites for hydroxylation is 1. The van der Waals surface area contributed by atoms with Crippen LogP contribution in [0.3, 0.4) is 0 Å². The van der Waals surface area contributed by atoms with Crippen molar-refractivity contribution in [3.8, 4) is 0 Å². The Kier molecular flexibility index (Phi) is 4.94. The van der Waals surface area contributed by atoms with Gasteiger partial charge in [-0.3, -0.25) is 18.8 Å². The highest BCUT2D eigenvalue weighted by atomic mass is 16.5. The lowest BCUT2D eigenvalue weighted by Gasteiger charge is -2.05. The predicted molar refractivity (Wildman–Crippen MR) is 96.8 cm³/mol. The fourth-order valence-electron chi connectivity index (χ4n) is 2.63. The smallest absolute Gasteiger partial charge is 0.280 e. The molecule has 25 heavy (non-hydrogen) atoms. The zero-order valence-electron chi connectivity index (χ0n) is 14.3. The van der Waals surface area contributed by atoms with Crippen LogP contribution in [0, 0.1) is 0 Å². The summed E-state index contributed by atoms with van der Waals surface area (Å²) >= 11 is 0. The summed E-state index contributed by atoms with van der Waals surface area (Å²) < 4.78 is 8.40. The number of methoxy groups -OCH3 is 1. The molecule has 0 bridgehead atoms. The van der Waals surface area contributed by atoms with E-state index in [9.17, 15) is 4.79 Å². The summed E-state index contributed by atoms with van der Waals surface area (Å²) in [6.45, 7) is 3.64. The maximum atomic E-state index is 12.8. The number of ether oxygens (including phenoxy) is 1. The van der Waals surface area contributed by atoms with Gasteiger partial charge in [0, 0.05) is 38.5 Å². The number of H-pyrrole nitrogens is 1. The Labute approximate surface area is 143 Å². The van der Waals surface area contributed by atoms with Crippen LogP contribution in [-0.2, 0) is 11.3 Å². The van der Waals surface area contributed by atoms with Crippen LogP contribution in [0.5, 0.6) is 0 Å². The summed E-state index contributed by atoms with van der Waals surface area (Å²) in [4.78, 5) is 28.9. The third-order valence-electron chi connectivity index (χ3n) is 3.79. The Morgan fingerprint density at radius 2 is 2.36 bits per heavy atom. The summed E-state index contributed by atoms with van der Waals surface area (Å²) in [6.07, 6.45) is 7.29. The number of imidazole rings is 2. The number of hydrogen-bond donors (Lipinski definition) is 2. The zero-order chi connectivity index (χ0) is 17.8. The van der Waals surface area contributed by atoms with Crippen LogP contribution >= 0.6 is 0 Å². The van der Waals surface area contributed by atoms with E-state index in [0.29, 0.717) is 48.0 Å². The van der Waals surface area contributed by atoms with Crippen LogP contribution in [0.4, 0.5) is 0 Å². The quantitative estimate of drug-likeness (QED) is 0.486. The van der Waals surface area contributed by atoms with E-state index in [1.807, 2.05) is 6.92 Å². The van der Waals surface area contributed by atoms with E-state index in [2.05, 4.69) is 19.9 Å². The van der Waals surface area contributed by atoms with Gasteiger partial charge in [-0.25, -0.2) is 9.97 Å². The van der Waals surface area contributed by atoms with Gasteiger partial charge in [-0.05, 0) is 6.42 Å². The van der Waals surface area contributed by atoms with Gasteiger partial charge >= 0.3 is 0 Å². The van der Waals surface area contributed by atoms with Crippen molar-refractivity contribution in [2.75, 3.05) is 20.3 Å². The molecule has 0 radical (unpaired) electrons. The number of aromatic amines is 1. The van der Waals surface area contributed by atoms with Crippen molar-refractivity contribution in [1.82, 2.24) is 23.9 Å². The minimum absolute atomic E-state index is 0.151. The monoisotopic (exact) mass is 343 g/mol. The molecule has 0 aliphatic heterocycles. The Balaban J connectivity index is 2.12. The molecule has 0 aliphatic carbocycles. The number of allylic oxidation sites excluding steroid dienone is 1. The van der Waals surface area contributed by atoms with E-state index in [4.69, 9.17) is 10.5 Å². The normalized spacial score (nSPS) is 12.8. The number of aliphatic imine (C=N–C) groups is 1. The third kappa shape index (κ3) is 3.05. The molecule has 132 valence electrons. The zero-order valence-corrected chi connectivity index (χ0v) is 14.3. The average molecular weight is 343 g/mol. The highest BCUT2D eigenvalue weighted by Crippen LogP contribution is 2.15. The molecule has 9 heteroatoms. The Hall–Kier alpha value is -2.94. The molecular formula is C16H21N7O2. The summed E-state index contributed by atoms with van der Waals surface area (Å²) in [5.41, 5.74) is 7.08. The van der Waals surface area contributed by atoms with E-state index in [1.165, 1.54) is 6.20 Å². The van der Waals surface area contributed by atoms with Crippen LogP contribution < -0.4 is 11.3 Å². The lowest BCUT2D eigenvalue weighted by molar-refractivity contribution is 0.208. The second kappa shape index (κ2) is 7.31. The summed E-state index contributed by atoms with van der Waals surface area (Å²) in [5.74, 6) is 1.06. The second-order valence-corrected chi connectivity index (χ2v) is 5.49. The standard InChI is InChI=1S/C16H21N7O2/c1-3-6-23-15(24)12-14(22-7-4-19-16(22)23)21-13(20-12)11(9-17)10-18-5-8-25-2/h4,7,9-10H,3,5-6,8,17H2,1-2H3,(H,20,21). The Morgan fingerprint density at radius 1 is 1.52 bits per heavy atom. The van der Waals surface area contributed by atoms with E-state index >= 15 is 0 Å².